The summed E-state index contributed by atoms with van der Waals surface area (Å²) in [6.45, 7) is 5.07. The van der Waals surface area contributed by atoms with Gasteiger partial charge in [-0.25, -0.2) is 0 Å². The van der Waals surface area contributed by atoms with Crippen LogP contribution < -0.4 is 10.6 Å². The van der Waals surface area contributed by atoms with E-state index in [1.54, 1.807) is 18.7 Å². The molecule has 0 aliphatic carbocycles. The van der Waals surface area contributed by atoms with Crippen molar-refractivity contribution in [1.82, 2.24) is 10.3 Å². The van der Waals surface area contributed by atoms with Gasteiger partial charge in [0.25, 0.3) is 5.91 Å². The lowest BCUT2D eigenvalue weighted by molar-refractivity contribution is 0.0953. The predicted molar refractivity (Wildman–Crippen MR) is 97.6 cm³/mol. The first kappa shape index (κ1) is 17.0. The predicted octanol–water partition coefficient (Wildman–Crippen LogP) is 3.25. The van der Waals surface area contributed by atoms with Crippen LogP contribution in [-0.2, 0) is 0 Å². The molecule has 1 aromatic carbocycles. The first-order valence-corrected chi connectivity index (χ1v) is 7.92. The van der Waals surface area contributed by atoms with Crippen LogP contribution in [0.2, 0.25) is 0 Å². The van der Waals surface area contributed by atoms with E-state index < -0.39 is 0 Å². The van der Waals surface area contributed by atoms with Crippen molar-refractivity contribution >= 4 is 30.6 Å². The second kappa shape index (κ2) is 8.33. The zero-order valence-corrected chi connectivity index (χ0v) is 14.1. The Morgan fingerprint density at radius 1 is 1.35 bits per heavy atom. The van der Waals surface area contributed by atoms with Crippen molar-refractivity contribution in [3.05, 3.63) is 42.2 Å². The molecule has 0 aliphatic heterocycles. The van der Waals surface area contributed by atoms with Gasteiger partial charge in [-0.1, -0.05) is 6.07 Å². The molecule has 1 aromatic heterocycles. The van der Waals surface area contributed by atoms with Crippen LogP contribution in [0.4, 0.5) is 5.69 Å². The van der Waals surface area contributed by atoms with Gasteiger partial charge in [0.05, 0.1) is 17.6 Å². The molecule has 6 heteroatoms. The number of benzene rings is 1. The normalized spacial score (nSPS) is 10.7. The summed E-state index contributed by atoms with van der Waals surface area (Å²) in [7, 11) is 0. The number of amides is 1. The van der Waals surface area contributed by atoms with E-state index in [0.717, 1.165) is 16.8 Å². The van der Waals surface area contributed by atoms with Gasteiger partial charge in [0.15, 0.2) is 0 Å². The second-order valence-corrected chi connectivity index (χ2v) is 5.24. The molecular formula is C17H20N4OS. The highest BCUT2D eigenvalue weighted by atomic mass is 32.1. The number of hydrogen-bond acceptors (Lipinski definition) is 4. The van der Waals surface area contributed by atoms with E-state index in [2.05, 4.69) is 33.2 Å². The Morgan fingerprint density at radius 3 is 2.83 bits per heavy atom. The molecule has 23 heavy (non-hydrogen) atoms. The van der Waals surface area contributed by atoms with Crippen molar-refractivity contribution in [2.24, 2.45) is 4.99 Å². The van der Waals surface area contributed by atoms with Crippen LogP contribution in [0, 0.1) is 0 Å². The zero-order valence-electron chi connectivity index (χ0n) is 13.2. The van der Waals surface area contributed by atoms with Gasteiger partial charge in [0.1, 0.15) is 0 Å². The van der Waals surface area contributed by atoms with E-state index in [1.165, 1.54) is 0 Å². The summed E-state index contributed by atoms with van der Waals surface area (Å²) in [6, 6.07) is 7.57. The molecule has 1 heterocycles. The molecule has 0 saturated carbocycles. The lowest BCUT2D eigenvalue weighted by Gasteiger charge is -2.13. The summed E-state index contributed by atoms with van der Waals surface area (Å²) in [4.78, 5) is 21.2. The molecular weight excluding hydrogens is 308 g/mol. The van der Waals surface area contributed by atoms with Gasteiger partial charge >= 0.3 is 0 Å². The van der Waals surface area contributed by atoms with Gasteiger partial charge in [-0.2, -0.15) is 0 Å². The minimum atomic E-state index is -0.154. The number of nitrogens with one attached hydrogen (secondary N) is 2. The molecule has 0 bridgehead atoms. The van der Waals surface area contributed by atoms with Gasteiger partial charge in [0, 0.05) is 35.9 Å². The van der Waals surface area contributed by atoms with Crippen LogP contribution in [0.3, 0.4) is 0 Å². The van der Waals surface area contributed by atoms with Gasteiger partial charge < -0.3 is 10.6 Å². The Kier molecular flexibility index (Phi) is 6.17. The number of nitrogens with zero attached hydrogens (tertiary/aromatic N) is 2. The van der Waals surface area contributed by atoms with Crippen LogP contribution >= 0.6 is 12.6 Å². The van der Waals surface area contributed by atoms with Gasteiger partial charge in [-0.05, 0) is 37.6 Å². The summed E-state index contributed by atoms with van der Waals surface area (Å²) in [5.74, 6) is -0.154. The highest BCUT2D eigenvalue weighted by Gasteiger charge is 2.14. The third-order valence-corrected chi connectivity index (χ3v) is 3.66. The number of hydrogen-bond donors (Lipinski definition) is 3. The highest BCUT2D eigenvalue weighted by molar-refractivity contribution is 7.80. The smallest absolute Gasteiger partial charge is 0.252 e. The van der Waals surface area contributed by atoms with E-state index in [-0.39, 0.29) is 5.91 Å². The minimum absolute atomic E-state index is 0.154. The molecule has 0 spiro atoms. The molecule has 1 amide bonds. The molecule has 0 unspecified atom stereocenters. The maximum absolute atomic E-state index is 12.3. The lowest BCUT2D eigenvalue weighted by atomic mass is 10.0. The average molecular weight is 328 g/mol. The number of aliphatic imine (C=N–C) groups is 1. The summed E-state index contributed by atoms with van der Waals surface area (Å²) in [5.41, 5.74) is 3.07. The largest absolute Gasteiger partial charge is 0.352 e. The molecule has 120 valence electrons. The molecule has 0 saturated heterocycles. The molecule has 2 rings (SSSR count). The van der Waals surface area contributed by atoms with Crippen LogP contribution in [0.1, 0.15) is 24.2 Å². The van der Waals surface area contributed by atoms with Gasteiger partial charge in [0.2, 0.25) is 0 Å². The van der Waals surface area contributed by atoms with E-state index >= 15 is 0 Å². The molecule has 2 aromatic rings. The molecule has 0 fully saturated rings. The fourth-order valence-electron chi connectivity index (χ4n) is 2.08. The van der Waals surface area contributed by atoms with E-state index in [9.17, 15) is 4.79 Å². The topological polar surface area (TPSA) is 66.4 Å². The molecule has 0 radical (unpaired) electrons. The summed E-state index contributed by atoms with van der Waals surface area (Å²) in [5, 5.41) is 5.90. The maximum atomic E-state index is 12.3. The number of pyridine rings is 1. The van der Waals surface area contributed by atoms with Crippen molar-refractivity contribution in [2.45, 2.75) is 18.7 Å². The Morgan fingerprint density at radius 2 is 2.17 bits per heavy atom. The van der Waals surface area contributed by atoms with Crippen molar-refractivity contribution in [3.8, 4) is 11.1 Å². The standard InChI is InChI=1S/C17H20N4OS/c1-3-18-11-21-15-9-13(12-6-5-7-19-10-12)8-14(16(15)23)17(22)20-4-2/h5-11,23H,3-4H2,1-2H3,(H,18,21)(H,20,22). The fraction of sp³-hybridized carbons (Fsp3) is 0.235. The maximum Gasteiger partial charge on any atom is 0.252 e. The first-order chi connectivity index (χ1) is 11.2. The molecule has 2 N–H and O–H groups in total. The number of thiol groups is 1. The summed E-state index contributed by atoms with van der Waals surface area (Å²) >= 11 is 4.50. The van der Waals surface area contributed by atoms with E-state index in [1.807, 2.05) is 38.1 Å². The number of carbonyl (C=O) groups is 1. The molecule has 5 nitrogen and oxygen atoms in total. The first-order valence-electron chi connectivity index (χ1n) is 7.47. The average Bonchev–Trinajstić information content (AvgIpc) is 2.57. The SMILES string of the molecule is CCN=CNc1cc(-c2cccnc2)cc(C(=O)NCC)c1S. The zero-order chi connectivity index (χ0) is 16.7. The van der Waals surface area contributed by atoms with E-state index in [4.69, 9.17) is 0 Å². The van der Waals surface area contributed by atoms with Crippen molar-refractivity contribution in [2.75, 3.05) is 18.4 Å². The monoisotopic (exact) mass is 328 g/mol. The minimum Gasteiger partial charge on any atom is -0.352 e. The van der Waals surface area contributed by atoms with Crippen LogP contribution in [0.5, 0.6) is 0 Å². The quantitative estimate of drug-likeness (QED) is 0.433. The van der Waals surface area contributed by atoms with Crippen molar-refractivity contribution in [3.63, 3.8) is 0 Å². The number of rotatable bonds is 6. The highest BCUT2D eigenvalue weighted by Crippen LogP contribution is 2.31. The van der Waals surface area contributed by atoms with E-state index in [0.29, 0.717) is 23.5 Å². The fourth-order valence-corrected chi connectivity index (χ4v) is 2.38. The second-order valence-electron chi connectivity index (χ2n) is 4.79. The Bertz CT molecular complexity index is 701. The summed E-state index contributed by atoms with van der Waals surface area (Å²) < 4.78 is 0. The summed E-state index contributed by atoms with van der Waals surface area (Å²) in [6.07, 6.45) is 5.09. The lowest BCUT2D eigenvalue weighted by Crippen LogP contribution is -2.23. The molecule has 0 aliphatic rings. The van der Waals surface area contributed by atoms with Crippen LogP contribution in [-0.4, -0.2) is 30.3 Å². The number of carbonyl (C=O) groups excluding carboxylic acids is 1. The third-order valence-electron chi connectivity index (χ3n) is 3.18. The van der Waals surface area contributed by atoms with Gasteiger partial charge in [-0.3, -0.25) is 14.8 Å². The third kappa shape index (κ3) is 4.32. The Balaban J connectivity index is 2.50. The number of anilines is 1. The Hall–Kier alpha value is -2.34. The number of aromatic nitrogens is 1. The molecule has 0 atom stereocenters. The van der Waals surface area contributed by atoms with Gasteiger partial charge in [-0.15, -0.1) is 12.6 Å². The van der Waals surface area contributed by atoms with Crippen molar-refractivity contribution in [1.29, 1.82) is 0 Å². The van der Waals surface area contributed by atoms with Crippen molar-refractivity contribution < 1.29 is 4.79 Å². The van der Waals surface area contributed by atoms with Crippen LogP contribution in [0.15, 0.2) is 46.5 Å². The van der Waals surface area contributed by atoms with Crippen LogP contribution in [0.25, 0.3) is 11.1 Å². The Labute approximate surface area is 141 Å².